The second kappa shape index (κ2) is 7.15. The summed E-state index contributed by atoms with van der Waals surface area (Å²) in [6.07, 6.45) is 1.32. The fourth-order valence-corrected chi connectivity index (χ4v) is 2.53. The highest BCUT2D eigenvalue weighted by Crippen LogP contribution is 2.33. The van der Waals surface area contributed by atoms with Crippen molar-refractivity contribution in [2.75, 3.05) is 19.5 Å². The van der Waals surface area contributed by atoms with Gasteiger partial charge in [0.15, 0.2) is 5.69 Å². The van der Waals surface area contributed by atoms with E-state index in [-0.39, 0.29) is 45.6 Å². The third-order valence-electron chi connectivity index (χ3n) is 3.38. The molecule has 2 rings (SSSR count). The quantitative estimate of drug-likeness (QED) is 0.781. The molecule has 0 radical (unpaired) electrons. The number of nitriles is 1. The number of esters is 1. The second-order valence-electron chi connectivity index (χ2n) is 4.82. The molecular weight excluding hydrogens is 350 g/mol. The molecule has 0 spiro atoms. The van der Waals surface area contributed by atoms with E-state index in [2.05, 4.69) is 0 Å². The standard InChI is InChI=1S/C16H14ClN3O5/c1-3-25-12-5-11(10(17)4-9(12)15(21)22)20-7-8(6-18)13(19)14(20)16(23)24-2/h4-5,7H,3,19H2,1-2H3,(H,21,22). The van der Waals surface area contributed by atoms with Crippen LogP contribution in [0.1, 0.15) is 33.3 Å². The van der Waals surface area contributed by atoms with Crippen LogP contribution in [-0.2, 0) is 4.74 Å². The Morgan fingerprint density at radius 3 is 2.64 bits per heavy atom. The molecule has 0 atom stereocenters. The van der Waals surface area contributed by atoms with Crippen molar-refractivity contribution >= 4 is 29.2 Å². The van der Waals surface area contributed by atoms with Gasteiger partial charge < -0.3 is 24.9 Å². The van der Waals surface area contributed by atoms with Crippen LogP contribution < -0.4 is 10.5 Å². The van der Waals surface area contributed by atoms with Gasteiger partial charge in [0.1, 0.15) is 17.4 Å². The number of nitrogens with two attached hydrogens (primary N) is 1. The molecule has 130 valence electrons. The van der Waals surface area contributed by atoms with Crippen molar-refractivity contribution in [2.24, 2.45) is 0 Å². The van der Waals surface area contributed by atoms with Crippen molar-refractivity contribution in [3.8, 4) is 17.5 Å². The van der Waals surface area contributed by atoms with Gasteiger partial charge in [0, 0.05) is 12.3 Å². The molecular formula is C16H14ClN3O5. The molecule has 1 aromatic heterocycles. The van der Waals surface area contributed by atoms with Crippen LogP contribution in [-0.4, -0.2) is 35.3 Å². The topological polar surface area (TPSA) is 128 Å². The number of nitrogens with zero attached hydrogens (tertiary/aromatic N) is 2. The van der Waals surface area contributed by atoms with E-state index in [1.165, 1.54) is 30.0 Å². The first-order valence-corrected chi connectivity index (χ1v) is 7.42. The highest BCUT2D eigenvalue weighted by Gasteiger charge is 2.24. The number of halogens is 1. The Labute approximate surface area is 147 Å². The highest BCUT2D eigenvalue weighted by atomic mass is 35.5. The van der Waals surface area contributed by atoms with Crippen molar-refractivity contribution in [3.05, 3.63) is 40.2 Å². The number of methoxy groups -OCH3 is 1. The zero-order valence-corrected chi connectivity index (χ0v) is 14.1. The van der Waals surface area contributed by atoms with E-state index in [1.807, 2.05) is 6.07 Å². The molecule has 2 aromatic rings. The minimum Gasteiger partial charge on any atom is -0.493 e. The lowest BCUT2D eigenvalue weighted by molar-refractivity contribution is 0.0592. The summed E-state index contributed by atoms with van der Waals surface area (Å²) in [5.41, 5.74) is 5.83. The number of benzene rings is 1. The van der Waals surface area contributed by atoms with Gasteiger partial charge in [-0.25, -0.2) is 9.59 Å². The lowest BCUT2D eigenvalue weighted by Gasteiger charge is -2.14. The predicted octanol–water partition coefficient (Wildman–Crippen LogP) is 2.47. The molecule has 0 amide bonds. The Bertz CT molecular complexity index is 898. The molecule has 0 aliphatic carbocycles. The third kappa shape index (κ3) is 3.22. The van der Waals surface area contributed by atoms with Gasteiger partial charge in [-0.3, -0.25) is 0 Å². The average Bonchev–Trinajstić information content (AvgIpc) is 2.91. The van der Waals surface area contributed by atoms with E-state index in [0.29, 0.717) is 0 Å². The van der Waals surface area contributed by atoms with Gasteiger partial charge in [-0.2, -0.15) is 5.26 Å². The number of rotatable bonds is 5. The number of hydrogen-bond donors (Lipinski definition) is 2. The molecule has 1 heterocycles. The van der Waals surface area contributed by atoms with Gasteiger partial charge in [0.25, 0.3) is 0 Å². The van der Waals surface area contributed by atoms with Crippen molar-refractivity contribution in [3.63, 3.8) is 0 Å². The fourth-order valence-electron chi connectivity index (χ4n) is 2.27. The number of anilines is 1. The summed E-state index contributed by atoms with van der Waals surface area (Å²) in [7, 11) is 1.17. The maximum atomic E-state index is 12.1. The minimum absolute atomic E-state index is 0.0329. The predicted molar refractivity (Wildman–Crippen MR) is 89.4 cm³/mol. The molecule has 1 aromatic carbocycles. The Morgan fingerprint density at radius 1 is 1.44 bits per heavy atom. The van der Waals surface area contributed by atoms with Gasteiger partial charge in [-0.1, -0.05) is 11.6 Å². The Morgan fingerprint density at radius 2 is 2.12 bits per heavy atom. The second-order valence-corrected chi connectivity index (χ2v) is 5.22. The van der Waals surface area contributed by atoms with Gasteiger partial charge in [-0.05, 0) is 13.0 Å². The van der Waals surface area contributed by atoms with Crippen LogP contribution in [0.3, 0.4) is 0 Å². The monoisotopic (exact) mass is 363 g/mol. The lowest BCUT2D eigenvalue weighted by atomic mass is 10.1. The van der Waals surface area contributed by atoms with Gasteiger partial charge in [0.05, 0.1) is 35.7 Å². The van der Waals surface area contributed by atoms with E-state index in [4.69, 9.17) is 32.1 Å². The van der Waals surface area contributed by atoms with Crippen LogP contribution in [0.25, 0.3) is 5.69 Å². The normalized spacial score (nSPS) is 10.2. The molecule has 0 saturated heterocycles. The zero-order valence-electron chi connectivity index (χ0n) is 13.4. The largest absolute Gasteiger partial charge is 0.493 e. The Kier molecular flexibility index (Phi) is 5.20. The van der Waals surface area contributed by atoms with Crippen LogP contribution >= 0.6 is 11.6 Å². The molecule has 9 heteroatoms. The number of carbonyl (C=O) groups excluding carboxylic acids is 1. The number of carboxylic acid groups (broad SMARTS) is 1. The van der Waals surface area contributed by atoms with E-state index in [9.17, 15) is 14.7 Å². The summed E-state index contributed by atoms with van der Waals surface area (Å²) in [5, 5.41) is 18.4. The summed E-state index contributed by atoms with van der Waals surface area (Å²) in [4.78, 5) is 23.4. The smallest absolute Gasteiger partial charge is 0.357 e. The van der Waals surface area contributed by atoms with E-state index in [1.54, 1.807) is 6.92 Å². The van der Waals surface area contributed by atoms with Crippen LogP contribution in [0.15, 0.2) is 18.3 Å². The SMILES string of the molecule is CCOc1cc(-n2cc(C#N)c(N)c2C(=O)OC)c(Cl)cc1C(=O)O. The fraction of sp³-hybridized carbons (Fsp3) is 0.188. The number of carbonyl (C=O) groups is 2. The Hall–Kier alpha value is -3.18. The number of carboxylic acids is 1. The molecule has 0 bridgehead atoms. The van der Waals surface area contributed by atoms with Crippen LogP contribution in [0, 0.1) is 11.3 Å². The molecule has 0 fully saturated rings. The first-order valence-electron chi connectivity index (χ1n) is 7.04. The first-order chi connectivity index (χ1) is 11.8. The van der Waals surface area contributed by atoms with Gasteiger partial charge in [0.2, 0.25) is 0 Å². The number of aromatic carboxylic acids is 1. The summed E-state index contributed by atoms with van der Waals surface area (Å²) < 4.78 is 11.3. The number of ether oxygens (including phenoxy) is 2. The van der Waals surface area contributed by atoms with E-state index < -0.39 is 11.9 Å². The van der Waals surface area contributed by atoms with Crippen LogP contribution in [0.4, 0.5) is 5.69 Å². The van der Waals surface area contributed by atoms with Crippen LogP contribution in [0.5, 0.6) is 5.75 Å². The molecule has 0 aliphatic heterocycles. The number of aromatic nitrogens is 1. The molecule has 25 heavy (non-hydrogen) atoms. The molecule has 3 N–H and O–H groups in total. The van der Waals surface area contributed by atoms with Gasteiger partial charge >= 0.3 is 11.9 Å². The summed E-state index contributed by atoms with van der Waals surface area (Å²) in [6.45, 7) is 1.92. The zero-order chi connectivity index (χ0) is 18.7. The molecule has 8 nitrogen and oxygen atoms in total. The molecule has 0 unspecified atom stereocenters. The van der Waals surface area contributed by atoms with Crippen molar-refractivity contribution in [1.29, 1.82) is 5.26 Å². The maximum Gasteiger partial charge on any atom is 0.357 e. The molecule has 0 aliphatic rings. The van der Waals surface area contributed by atoms with E-state index in [0.717, 1.165) is 0 Å². The number of hydrogen-bond acceptors (Lipinski definition) is 6. The average molecular weight is 364 g/mol. The molecule has 0 saturated carbocycles. The van der Waals surface area contributed by atoms with Crippen LogP contribution in [0.2, 0.25) is 5.02 Å². The summed E-state index contributed by atoms with van der Waals surface area (Å²) >= 11 is 6.19. The Balaban J connectivity index is 2.78. The van der Waals surface area contributed by atoms with Crippen molar-refractivity contribution in [2.45, 2.75) is 6.92 Å². The first kappa shape index (κ1) is 18.2. The van der Waals surface area contributed by atoms with Crippen molar-refractivity contribution in [1.82, 2.24) is 4.57 Å². The number of nitrogen functional groups attached to an aromatic ring is 1. The highest BCUT2D eigenvalue weighted by molar-refractivity contribution is 6.33. The minimum atomic E-state index is -1.21. The van der Waals surface area contributed by atoms with Crippen molar-refractivity contribution < 1.29 is 24.2 Å². The van der Waals surface area contributed by atoms with E-state index >= 15 is 0 Å². The third-order valence-corrected chi connectivity index (χ3v) is 3.69. The van der Waals surface area contributed by atoms with Gasteiger partial charge in [-0.15, -0.1) is 0 Å². The summed E-state index contributed by atoms with van der Waals surface area (Å²) in [6, 6.07) is 4.44. The maximum absolute atomic E-state index is 12.1. The summed E-state index contributed by atoms with van der Waals surface area (Å²) in [5.74, 6) is -1.92. The lowest BCUT2D eigenvalue weighted by Crippen LogP contribution is -2.12.